The van der Waals surface area contributed by atoms with Gasteiger partial charge in [-0.1, -0.05) is 12.1 Å². The van der Waals surface area contributed by atoms with Crippen LogP contribution in [0.25, 0.3) is 0 Å². The van der Waals surface area contributed by atoms with Gasteiger partial charge >= 0.3 is 0 Å². The minimum atomic E-state index is -3.21. The van der Waals surface area contributed by atoms with E-state index in [0.717, 1.165) is 24.0 Å². The summed E-state index contributed by atoms with van der Waals surface area (Å²) >= 11 is 0. The lowest BCUT2D eigenvalue weighted by Gasteiger charge is -2.31. The second-order valence-corrected chi connectivity index (χ2v) is 12.3. The van der Waals surface area contributed by atoms with E-state index in [-0.39, 0.29) is 35.8 Å². The Labute approximate surface area is 198 Å². The molecule has 0 atom stereocenters. The third-order valence-corrected chi connectivity index (χ3v) is 10.3. The monoisotopic (exact) mass is 481 g/mol. The van der Waals surface area contributed by atoms with Crippen LogP contribution in [0.3, 0.4) is 0 Å². The maximum atomic E-state index is 13.3. The van der Waals surface area contributed by atoms with Crippen molar-refractivity contribution >= 4 is 21.7 Å². The Kier molecular flexibility index (Phi) is 5.28. The van der Waals surface area contributed by atoms with Gasteiger partial charge in [0.25, 0.3) is 11.8 Å². The Balaban J connectivity index is 1.30. The molecule has 1 aliphatic heterocycles. The molecule has 1 aromatic heterocycles. The zero-order valence-corrected chi connectivity index (χ0v) is 20.1. The smallest absolute Gasteiger partial charge is 0.272 e. The number of benzene rings is 1. The van der Waals surface area contributed by atoms with Crippen LogP contribution in [-0.2, 0) is 29.9 Å². The first-order chi connectivity index (χ1) is 16.2. The normalized spacial score (nSPS) is 18.9. The summed E-state index contributed by atoms with van der Waals surface area (Å²) in [7, 11) is -1.58. The van der Waals surface area contributed by atoms with Gasteiger partial charge in [0.15, 0.2) is 15.5 Å². The standard InChI is InChI=1S/C24H27N5O4S/c1-15-11-16(3-4-17(15)12-25)13-26-22(30)20-19-7-10-29(23(31)21(19)28(2)27-20)14-24(8-9-24)34(32,33)18-5-6-18/h3-4,11,18H,5-10,13-14H2,1-2H3,(H,26,30). The summed E-state index contributed by atoms with van der Waals surface area (Å²) in [5, 5.41) is 16.0. The lowest BCUT2D eigenvalue weighted by atomic mass is 10.0. The second kappa shape index (κ2) is 7.94. The van der Waals surface area contributed by atoms with E-state index < -0.39 is 14.6 Å². The van der Waals surface area contributed by atoms with E-state index in [1.165, 1.54) is 4.68 Å². The number of amides is 2. The summed E-state index contributed by atoms with van der Waals surface area (Å²) in [6.45, 7) is 2.71. The number of hydrogen-bond donors (Lipinski definition) is 1. The second-order valence-electron chi connectivity index (χ2n) is 9.65. The van der Waals surface area contributed by atoms with E-state index >= 15 is 0 Å². The van der Waals surface area contributed by atoms with Gasteiger partial charge in [-0.25, -0.2) is 8.42 Å². The molecule has 34 heavy (non-hydrogen) atoms. The minimum Gasteiger partial charge on any atom is -0.347 e. The predicted octanol–water partition coefficient (Wildman–Crippen LogP) is 1.64. The molecule has 2 fully saturated rings. The molecule has 5 rings (SSSR count). The van der Waals surface area contributed by atoms with Crippen molar-refractivity contribution in [2.75, 3.05) is 13.1 Å². The number of fused-ring (bicyclic) bond motifs is 1. The van der Waals surface area contributed by atoms with Crippen molar-refractivity contribution in [3.8, 4) is 6.07 Å². The van der Waals surface area contributed by atoms with Crippen molar-refractivity contribution in [1.29, 1.82) is 5.26 Å². The van der Waals surface area contributed by atoms with Gasteiger partial charge in [0, 0.05) is 32.2 Å². The van der Waals surface area contributed by atoms with Crippen molar-refractivity contribution in [1.82, 2.24) is 20.0 Å². The highest BCUT2D eigenvalue weighted by molar-refractivity contribution is 7.94. The number of nitrogens with zero attached hydrogens (tertiary/aromatic N) is 4. The average molecular weight is 482 g/mol. The van der Waals surface area contributed by atoms with E-state index in [1.807, 2.05) is 13.0 Å². The predicted molar refractivity (Wildman–Crippen MR) is 124 cm³/mol. The first-order valence-corrected chi connectivity index (χ1v) is 13.1. The van der Waals surface area contributed by atoms with Crippen LogP contribution in [0.15, 0.2) is 18.2 Å². The molecule has 0 saturated heterocycles. The van der Waals surface area contributed by atoms with Crippen LogP contribution in [0.2, 0.25) is 0 Å². The van der Waals surface area contributed by atoms with Crippen LogP contribution in [0.5, 0.6) is 0 Å². The largest absolute Gasteiger partial charge is 0.347 e. The Morgan fingerprint density at radius 1 is 1.32 bits per heavy atom. The third kappa shape index (κ3) is 3.68. The molecule has 0 radical (unpaired) electrons. The van der Waals surface area contributed by atoms with Crippen molar-refractivity contribution < 1.29 is 18.0 Å². The third-order valence-electron chi connectivity index (χ3n) is 7.20. The molecule has 3 aliphatic rings. The first-order valence-electron chi connectivity index (χ1n) is 11.5. The average Bonchev–Trinajstić information content (AvgIpc) is 3.72. The molecule has 2 aromatic rings. The van der Waals surface area contributed by atoms with Crippen LogP contribution in [-0.4, -0.2) is 58.0 Å². The highest BCUT2D eigenvalue weighted by Crippen LogP contribution is 2.50. The van der Waals surface area contributed by atoms with E-state index in [4.69, 9.17) is 5.26 Å². The topological polar surface area (TPSA) is 125 Å². The maximum absolute atomic E-state index is 13.3. The lowest BCUT2D eigenvalue weighted by Crippen LogP contribution is -2.46. The highest BCUT2D eigenvalue weighted by atomic mass is 32.2. The Morgan fingerprint density at radius 3 is 2.68 bits per heavy atom. The quantitative estimate of drug-likeness (QED) is 0.641. The molecular weight excluding hydrogens is 454 g/mol. The summed E-state index contributed by atoms with van der Waals surface area (Å²) in [6, 6.07) is 7.50. The fraction of sp³-hybridized carbons (Fsp3) is 0.500. The van der Waals surface area contributed by atoms with Gasteiger partial charge in [-0.05, 0) is 56.2 Å². The van der Waals surface area contributed by atoms with E-state index in [2.05, 4.69) is 16.5 Å². The van der Waals surface area contributed by atoms with Crippen molar-refractivity contribution in [2.24, 2.45) is 7.05 Å². The number of hydrogen-bond acceptors (Lipinski definition) is 6. The Hall–Kier alpha value is -3.19. The van der Waals surface area contributed by atoms with E-state index in [0.29, 0.717) is 42.6 Å². The SMILES string of the molecule is Cc1cc(CNC(=O)c2nn(C)c3c2CCN(CC2(S(=O)(=O)C4CC4)CC2)C3=O)ccc1C#N. The van der Waals surface area contributed by atoms with Crippen molar-refractivity contribution in [3.63, 3.8) is 0 Å². The van der Waals surface area contributed by atoms with Crippen LogP contribution >= 0.6 is 0 Å². The summed E-state index contributed by atoms with van der Waals surface area (Å²) in [5.74, 6) is -0.634. The van der Waals surface area contributed by atoms with Crippen molar-refractivity contribution in [2.45, 2.75) is 55.6 Å². The summed E-state index contributed by atoms with van der Waals surface area (Å²) < 4.78 is 26.4. The van der Waals surface area contributed by atoms with Crippen LogP contribution in [0.1, 0.15) is 68.9 Å². The van der Waals surface area contributed by atoms with Gasteiger partial charge in [-0.3, -0.25) is 14.3 Å². The summed E-state index contributed by atoms with van der Waals surface area (Å²) in [6.07, 6.45) is 3.12. The first kappa shape index (κ1) is 22.6. The zero-order valence-electron chi connectivity index (χ0n) is 19.3. The van der Waals surface area contributed by atoms with Gasteiger partial charge in [0.2, 0.25) is 0 Å². The molecule has 2 amide bonds. The molecule has 2 heterocycles. The van der Waals surface area contributed by atoms with Gasteiger partial charge in [-0.2, -0.15) is 10.4 Å². The zero-order chi connectivity index (χ0) is 24.3. The number of rotatable bonds is 7. The summed E-state index contributed by atoms with van der Waals surface area (Å²) in [4.78, 5) is 27.8. The highest BCUT2D eigenvalue weighted by Gasteiger charge is 2.60. The number of nitriles is 1. The summed E-state index contributed by atoms with van der Waals surface area (Å²) in [5.41, 5.74) is 3.48. The van der Waals surface area contributed by atoms with E-state index in [1.54, 1.807) is 24.1 Å². The fourth-order valence-corrected chi connectivity index (χ4v) is 7.35. The molecule has 0 unspecified atom stereocenters. The number of aromatic nitrogens is 2. The number of aryl methyl sites for hydroxylation is 2. The van der Waals surface area contributed by atoms with Crippen molar-refractivity contribution in [3.05, 3.63) is 51.8 Å². The van der Waals surface area contributed by atoms with Gasteiger partial charge in [0.05, 0.1) is 21.6 Å². The molecule has 1 aromatic carbocycles. The Morgan fingerprint density at radius 2 is 2.06 bits per heavy atom. The lowest BCUT2D eigenvalue weighted by molar-refractivity contribution is 0.0724. The number of sulfone groups is 1. The molecule has 10 heteroatoms. The minimum absolute atomic E-state index is 0.217. The number of carbonyl (C=O) groups excluding carboxylic acids is 2. The Bertz CT molecular complexity index is 1350. The maximum Gasteiger partial charge on any atom is 0.272 e. The van der Waals surface area contributed by atoms with Gasteiger partial charge in [-0.15, -0.1) is 0 Å². The molecule has 178 valence electrons. The van der Waals surface area contributed by atoms with Crippen LogP contribution in [0.4, 0.5) is 0 Å². The molecule has 9 nitrogen and oxygen atoms in total. The van der Waals surface area contributed by atoms with Gasteiger partial charge in [0.1, 0.15) is 5.69 Å². The molecule has 0 spiro atoms. The van der Waals surface area contributed by atoms with Crippen LogP contribution in [0, 0.1) is 18.3 Å². The molecule has 2 saturated carbocycles. The van der Waals surface area contributed by atoms with Gasteiger partial charge < -0.3 is 10.2 Å². The van der Waals surface area contributed by atoms with E-state index in [9.17, 15) is 18.0 Å². The van der Waals surface area contributed by atoms with Crippen LogP contribution < -0.4 is 5.32 Å². The number of carbonyl (C=O) groups is 2. The molecule has 1 N–H and O–H groups in total. The fourth-order valence-electron chi connectivity index (χ4n) is 4.88. The molecular formula is C24H27N5O4S. The molecule has 2 aliphatic carbocycles. The molecule has 0 bridgehead atoms. The number of nitrogens with one attached hydrogen (secondary N) is 1.